The molecule has 0 saturated heterocycles. The van der Waals surface area contributed by atoms with Gasteiger partial charge in [-0.3, -0.25) is 0 Å². The van der Waals surface area contributed by atoms with E-state index < -0.39 is 17.7 Å². The Hall–Kier alpha value is -2.24. The van der Waals surface area contributed by atoms with Crippen LogP contribution >= 0.6 is 0 Å². The Kier molecular flexibility index (Phi) is 3.09. The predicted molar refractivity (Wildman–Crippen MR) is 62.5 cm³/mol. The fraction of sp³-hybridized carbons (Fsp3) is 0.154. The van der Waals surface area contributed by atoms with Gasteiger partial charge in [0.05, 0.1) is 12.7 Å². The Morgan fingerprint density at radius 2 is 1.84 bits per heavy atom. The second-order valence-electron chi connectivity index (χ2n) is 3.85. The zero-order chi connectivity index (χ0) is 14.2. The molecule has 0 aromatic heterocycles. The fourth-order valence-corrected chi connectivity index (χ4v) is 1.98. The Bertz CT molecular complexity index is 647. The van der Waals surface area contributed by atoms with Gasteiger partial charge in [0.25, 0.3) is 0 Å². The van der Waals surface area contributed by atoms with Gasteiger partial charge >= 0.3 is 12.1 Å². The van der Waals surface area contributed by atoms with Gasteiger partial charge in [0, 0.05) is 5.39 Å². The van der Waals surface area contributed by atoms with Crippen LogP contribution in [0.25, 0.3) is 10.8 Å². The topological polar surface area (TPSA) is 46.5 Å². The first-order chi connectivity index (χ1) is 8.86. The minimum absolute atomic E-state index is 0.00155. The molecule has 2 aromatic rings. The monoisotopic (exact) mass is 270 g/mol. The number of ether oxygens (including phenoxy) is 1. The first-order valence-electron chi connectivity index (χ1n) is 5.26. The molecule has 0 spiro atoms. The summed E-state index contributed by atoms with van der Waals surface area (Å²) in [6, 6.07) is 5.86. The summed E-state index contributed by atoms with van der Waals surface area (Å²) < 4.78 is 43.4. The molecule has 6 heteroatoms. The average Bonchev–Trinajstić information content (AvgIpc) is 2.34. The molecule has 0 atom stereocenters. The molecule has 2 aromatic carbocycles. The third-order valence-electron chi connectivity index (χ3n) is 2.76. The van der Waals surface area contributed by atoms with Crippen LogP contribution in [0.15, 0.2) is 30.3 Å². The molecule has 0 radical (unpaired) electrons. The number of hydrogen-bond acceptors (Lipinski definition) is 2. The molecular weight excluding hydrogens is 261 g/mol. The quantitative estimate of drug-likeness (QED) is 0.907. The maximum atomic E-state index is 12.9. The smallest absolute Gasteiger partial charge is 0.417 e. The maximum absolute atomic E-state index is 12.9. The molecule has 0 aliphatic rings. The number of hydrogen-bond donors (Lipinski definition) is 1. The van der Waals surface area contributed by atoms with Crippen LogP contribution in [0.2, 0.25) is 0 Å². The molecule has 0 bridgehead atoms. The van der Waals surface area contributed by atoms with Gasteiger partial charge in [0.15, 0.2) is 0 Å². The van der Waals surface area contributed by atoms with Gasteiger partial charge in [-0.05, 0) is 17.5 Å². The van der Waals surface area contributed by atoms with Crippen molar-refractivity contribution in [3.05, 3.63) is 41.5 Å². The van der Waals surface area contributed by atoms with Crippen molar-refractivity contribution in [3.63, 3.8) is 0 Å². The molecule has 0 saturated carbocycles. The lowest BCUT2D eigenvalue weighted by Crippen LogP contribution is -2.08. The summed E-state index contributed by atoms with van der Waals surface area (Å²) >= 11 is 0. The number of fused-ring (bicyclic) bond motifs is 1. The predicted octanol–water partition coefficient (Wildman–Crippen LogP) is 3.57. The van der Waals surface area contributed by atoms with Crippen molar-refractivity contribution in [3.8, 4) is 5.75 Å². The van der Waals surface area contributed by atoms with Crippen LogP contribution in [-0.2, 0) is 6.18 Å². The number of aromatic carboxylic acids is 1. The lowest BCUT2D eigenvalue weighted by Gasteiger charge is -2.13. The largest absolute Gasteiger partial charge is 0.496 e. The van der Waals surface area contributed by atoms with E-state index >= 15 is 0 Å². The Morgan fingerprint density at radius 3 is 2.37 bits per heavy atom. The summed E-state index contributed by atoms with van der Waals surface area (Å²) in [4.78, 5) is 11.2. The van der Waals surface area contributed by atoms with Crippen LogP contribution < -0.4 is 4.74 Å². The number of methoxy groups -OCH3 is 1. The lowest BCUT2D eigenvalue weighted by atomic mass is 9.99. The lowest BCUT2D eigenvalue weighted by molar-refractivity contribution is -0.136. The third kappa shape index (κ3) is 2.21. The van der Waals surface area contributed by atoms with E-state index in [1.54, 1.807) is 0 Å². The van der Waals surface area contributed by atoms with Gasteiger partial charge in [-0.15, -0.1) is 0 Å². The molecule has 0 amide bonds. The standard InChI is InChI=1S/C13H9F3O3/c1-19-10-6-5-7-8(11(10)12(17)18)3-2-4-9(7)13(14,15)16/h2-6H,1H3,(H,17,18). The summed E-state index contributed by atoms with van der Waals surface area (Å²) in [7, 11) is 1.27. The Balaban J connectivity index is 2.89. The molecule has 0 unspecified atom stereocenters. The average molecular weight is 270 g/mol. The minimum Gasteiger partial charge on any atom is -0.496 e. The van der Waals surface area contributed by atoms with E-state index in [2.05, 4.69) is 0 Å². The molecule has 0 fully saturated rings. The zero-order valence-electron chi connectivity index (χ0n) is 9.78. The maximum Gasteiger partial charge on any atom is 0.417 e. The molecule has 1 N–H and O–H groups in total. The van der Waals surface area contributed by atoms with E-state index in [1.165, 1.54) is 31.4 Å². The van der Waals surface area contributed by atoms with Crippen molar-refractivity contribution < 1.29 is 27.8 Å². The van der Waals surface area contributed by atoms with E-state index in [0.29, 0.717) is 0 Å². The molecule has 0 heterocycles. The highest BCUT2D eigenvalue weighted by Crippen LogP contribution is 2.37. The molecule has 0 aliphatic carbocycles. The van der Waals surface area contributed by atoms with Crippen LogP contribution in [0.1, 0.15) is 15.9 Å². The van der Waals surface area contributed by atoms with Crippen molar-refractivity contribution in [2.75, 3.05) is 7.11 Å². The van der Waals surface area contributed by atoms with Crippen molar-refractivity contribution >= 4 is 16.7 Å². The molecule has 19 heavy (non-hydrogen) atoms. The molecular formula is C13H9F3O3. The summed E-state index contributed by atoms with van der Waals surface area (Å²) in [6.07, 6.45) is -4.54. The second-order valence-corrected chi connectivity index (χ2v) is 3.85. The fourth-order valence-electron chi connectivity index (χ4n) is 1.98. The third-order valence-corrected chi connectivity index (χ3v) is 2.76. The number of carbonyl (C=O) groups is 1. The highest BCUT2D eigenvalue weighted by molar-refractivity contribution is 6.07. The SMILES string of the molecule is COc1ccc2c(C(F)(F)F)cccc2c1C(=O)O. The van der Waals surface area contributed by atoms with Crippen molar-refractivity contribution in [2.24, 2.45) is 0 Å². The van der Waals surface area contributed by atoms with Gasteiger partial charge in [0.1, 0.15) is 11.3 Å². The summed E-state index contributed by atoms with van der Waals surface area (Å²) in [5, 5.41) is 8.97. The highest BCUT2D eigenvalue weighted by atomic mass is 19.4. The second kappa shape index (κ2) is 4.46. The van der Waals surface area contributed by atoms with Gasteiger partial charge in [-0.25, -0.2) is 4.79 Å². The van der Waals surface area contributed by atoms with Gasteiger partial charge in [-0.2, -0.15) is 13.2 Å². The minimum atomic E-state index is -4.54. The summed E-state index contributed by atoms with van der Waals surface area (Å²) in [6.45, 7) is 0. The van der Waals surface area contributed by atoms with E-state index in [9.17, 15) is 18.0 Å². The number of carboxylic acids is 1. The van der Waals surface area contributed by atoms with Crippen molar-refractivity contribution in [1.29, 1.82) is 0 Å². The molecule has 2 rings (SSSR count). The Morgan fingerprint density at radius 1 is 1.16 bits per heavy atom. The molecule has 100 valence electrons. The van der Waals surface area contributed by atoms with Gasteiger partial charge < -0.3 is 9.84 Å². The van der Waals surface area contributed by atoms with Crippen molar-refractivity contribution in [1.82, 2.24) is 0 Å². The van der Waals surface area contributed by atoms with Crippen LogP contribution in [-0.4, -0.2) is 18.2 Å². The number of halogens is 3. The number of carboxylic acid groups (broad SMARTS) is 1. The van der Waals surface area contributed by atoms with Crippen LogP contribution in [0, 0.1) is 0 Å². The van der Waals surface area contributed by atoms with E-state index in [1.807, 2.05) is 0 Å². The number of rotatable bonds is 2. The van der Waals surface area contributed by atoms with Crippen LogP contribution in [0.3, 0.4) is 0 Å². The number of alkyl halides is 3. The van der Waals surface area contributed by atoms with E-state index in [-0.39, 0.29) is 22.1 Å². The van der Waals surface area contributed by atoms with E-state index in [4.69, 9.17) is 9.84 Å². The Labute approximate surface area is 106 Å². The summed E-state index contributed by atoms with van der Waals surface area (Å²) in [5.74, 6) is -1.30. The van der Waals surface area contributed by atoms with Gasteiger partial charge in [0.2, 0.25) is 0 Å². The normalized spacial score (nSPS) is 11.6. The van der Waals surface area contributed by atoms with Crippen LogP contribution in [0.5, 0.6) is 5.75 Å². The molecule has 3 nitrogen and oxygen atoms in total. The van der Waals surface area contributed by atoms with Gasteiger partial charge in [-0.1, -0.05) is 18.2 Å². The molecule has 0 aliphatic heterocycles. The highest BCUT2D eigenvalue weighted by Gasteiger charge is 2.33. The van der Waals surface area contributed by atoms with Crippen molar-refractivity contribution in [2.45, 2.75) is 6.18 Å². The van der Waals surface area contributed by atoms with E-state index in [0.717, 1.165) is 6.07 Å². The summed E-state index contributed by atoms with van der Waals surface area (Å²) in [5.41, 5.74) is -1.14. The first kappa shape index (κ1) is 13.2. The zero-order valence-corrected chi connectivity index (χ0v) is 9.78. The first-order valence-corrected chi connectivity index (χ1v) is 5.26. The number of benzene rings is 2. The van der Waals surface area contributed by atoms with Crippen LogP contribution in [0.4, 0.5) is 13.2 Å².